The molecule has 1 N–H and O–H groups in total. The van der Waals surface area contributed by atoms with Crippen LogP contribution in [-0.4, -0.2) is 34.2 Å². The van der Waals surface area contributed by atoms with Gasteiger partial charge in [0.2, 0.25) is 0 Å². The normalized spacial score (nSPS) is 15.7. The molecule has 0 aliphatic carbocycles. The van der Waals surface area contributed by atoms with Gasteiger partial charge in [0.1, 0.15) is 11.6 Å². The van der Waals surface area contributed by atoms with Crippen molar-refractivity contribution in [3.8, 4) is 0 Å². The third-order valence-electron chi connectivity index (χ3n) is 4.03. The third kappa shape index (κ3) is 3.17. The van der Waals surface area contributed by atoms with E-state index in [-0.39, 0.29) is 5.69 Å². The SMILES string of the molecule is CCCNC(=O)N1C(=O)C(C(=O)c2cnc(C)cn2)c2cc(Cl)ccc21. The standard InChI is InChI=1S/C18H17ClN4O3/c1-3-6-20-18(26)23-14-5-4-11(19)7-12(14)15(17(23)25)16(24)13-9-21-10(2)8-22-13/h4-5,7-9,15H,3,6H2,1-2H3,(H,20,26). The minimum Gasteiger partial charge on any atom is -0.337 e. The number of anilines is 1. The number of aryl methyl sites for hydroxylation is 1. The molecule has 3 amide bonds. The van der Waals surface area contributed by atoms with Gasteiger partial charge in [0.05, 0.1) is 17.6 Å². The highest BCUT2D eigenvalue weighted by atomic mass is 35.5. The van der Waals surface area contributed by atoms with Gasteiger partial charge in [-0.05, 0) is 37.1 Å². The van der Waals surface area contributed by atoms with Crippen LogP contribution in [0.15, 0.2) is 30.6 Å². The monoisotopic (exact) mass is 372 g/mol. The summed E-state index contributed by atoms with van der Waals surface area (Å²) >= 11 is 6.05. The summed E-state index contributed by atoms with van der Waals surface area (Å²) in [5, 5.41) is 3.04. The molecule has 1 atom stereocenters. The Labute approximate surface area is 155 Å². The average molecular weight is 373 g/mol. The first-order valence-electron chi connectivity index (χ1n) is 8.18. The highest BCUT2D eigenvalue weighted by molar-refractivity contribution is 6.33. The summed E-state index contributed by atoms with van der Waals surface area (Å²) in [5.41, 5.74) is 1.46. The number of hydrogen-bond acceptors (Lipinski definition) is 5. The van der Waals surface area contributed by atoms with Crippen molar-refractivity contribution in [1.82, 2.24) is 15.3 Å². The fraction of sp³-hybridized carbons (Fsp3) is 0.278. The highest BCUT2D eigenvalue weighted by Crippen LogP contribution is 2.40. The third-order valence-corrected chi connectivity index (χ3v) is 4.27. The lowest BCUT2D eigenvalue weighted by Gasteiger charge is -2.16. The molecule has 7 nitrogen and oxygen atoms in total. The molecule has 0 radical (unpaired) electrons. The van der Waals surface area contributed by atoms with Crippen LogP contribution in [0.5, 0.6) is 0 Å². The van der Waals surface area contributed by atoms with Gasteiger partial charge in [0.15, 0.2) is 5.78 Å². The Morgan fingerprint density at radius 3 is 2.69 bits per heavy atom. The number of rotatable bonds is 4. The van der Waals surface area contributed by atoms with Crippen LogP contribution in [0.2, 0.25) is 5.02 Å². The van der Waals surface area contributed by atoms with Gasteiger partial charge >= 0.3 is 6.03 Å². The van der Waals surface area contributed by atoms with Crippen molar-refractivity contribution in [2.75, 3.05) is 11.4 Å². The molecular weight excluding hydrogens is 356 g/mol. The molecule has 0 spiro atoms. The Balaban J connectivity index is 2.02. The van der Waals surface area contributed by atoms with Gasteiger partial charge in [0.25, 0.3) is 5.91 Å². The number of amides is 3. The second-order valence-electron chi connectivity index (χ2n) is 5.95. The first kappa shape index (κ1) is 18.0. The van der Waals surface area contributed by atoms with Crippen molar-refractivity contribution in [3.05, 3.63) is 52.6 Å². The molecule has 1 aromatic carbocycles. The summed E-state index contributed by atoms with van der Waals surface area (Å²) in [4.78, 5) is 47.3. The van der Waals surface area contributed by atoms with E-state index in [9.17, 15) is 14.4 Å². The fourth-order valence-corrected chi connectivity index (χ4v) is 2.96. The van der Waals surface area contributed by atoms with Gasteiger partial charge < -0.3 is 5.32 Å². The van der Waals surface area contributed by atoms with Gasteiger partial charge in [-0.3, -0.25) is 14.6 Å². The molecule has 0 saturated heterocycles. The molecule has 1 aromatic heterocycles. The Morgan fingerprint density at radius 2 is 2.04 bits per heavy atom. The largest absolute Gasteiger partial charge is 0.337 e. The second-order valence-corrected chi connectivity index (χ2v) is 6.39. The number of nitrogens with zero attached hydrogens (tertiary/aromatic N) is 3. The predicted molar refractivity (Wildman–Crippen MR) is 96.5 cm³/mol. The number of halogens is 1. The summed E-state index contributed by atoms with van der Waals surface area (Å²) in [7, 11) is 0. The van der Waals surface area contributed by atoms with Crippen molar-refractivity contribution in [2.24, 2.45) is 0 Å². The van der Waals surface area contributed by atoms with E-state index in [1.54, 1.807) is 19.1 Å². The first-order valence-corrected chi connectivity index (χ1v) is 8.56. The zero-order valence-corrected chi connectivity index (χ0v) is 15.1. The second kappa shape index (κ2) is 7.21. The molecular formula is C18H17ClN4O3. The zero-order chi connectivity index (χ0) is 18.8. The number of carbonyl (C=O) groups excluding carboxylic acids is 3. The van der Waals surface area contributed by atoms with E-state index >= 15 is 0 Å². The average Bonchev–Trinajstić information content (AvgIpc) is 2.90. The van der Waals surface area contributed by atoms with Crippen molar-refractivity contribution in [1.29, 1.82) is 0 Å². The van der Waals surface area contributed by atoms with E-state index in [0.717, 1.165) is 11.3 Å². The molecule has 26 heavy (non-hydrogen) atoms. The van der Waals surface area contributed by atoms with Crippen LogP contribution in [0.1, 0.15) is 41.0 Å². The number of urea groups is 1. The van der Waals surface area contributed by atoms with Crippen LogP contribution in [0.25, 0.3) is 0 Å². The lowest BCUT2D eigenvalue weighted by molar-refractivity contribution is -0.117. The van der Waals surface area contributed by atoms with Crippen molar-refractivity contribution >= 4 is 35.0 Å². The molecule has 1 aliphatic rings. The van der Waals surface area contributed by atoms with Crippen LogP contribution < -0.4 is 10.2 Å². The van der Waals surface area contributed by atoms with E-state index in [2.05, 4.69) is 15.3 Å². The molecule has 0 fully saturated rings. The summed E-state index contributed by atoms with van der Waals surface area (Å²) < 4.78 is 0. The number of fused-ring (bicyclic) bond motifs is 1. The maximum atomic E-state index is 12.9. The van der Waals surface area contributed by atoms with Gasteiger partial charge in [-0.25, -0.2) is 14.7 Å². The van der Waals surface area contributed by atoms with Crippen molar-refractivity contribution in [3.63, 3.8) is 0 Å². The number of Topliss-reactive ketones (excluding diaryl/α,β-unsaturated/α-hetero) is 1. The minimum absolute atomic E-state index is 0.0655. The van der Waals surface area contributed by atoms with Crippen molar-refractivity contribution in [2.45, 2.75) is 26.2 Å². The van der Waals surface area contributed by atoms with Gasteiger partial charge in [-0.2, -0.15) is 0 Å². The van der Waals surface area contributed by atoms with E-state index in [4.69, 9.17) is 11.6 Å². The number of carbonyl (C=O) groups is 3. The maximum absolute atomic E-state index is 12.9. The van der Waals surface area contributed by atoms with E-state index < -0.39 is 23.6 Å². The van der Waals surface area contributed by atoms with Gasteiger partial charge in [-0.15, -0.1) is 0 Å². The molecule has 2 heterocycles. The zero-order valence-electron chi connectivity index (χ0n) is 14.3. The summed E-state index contributed by atoms with van der Waals surface area (Å²) in [6.45, 7) is 4.08. The lowest BCUT2D eigenvalue weighted by atomic mass is 9.94. The van der Waals surface area contributed by atoms with Crippen LogP contribution in [0, 0.1) is 6.92 Å². The Hall–Kier alpha value is -2.80. The summed E-state index contributed by atoms with van der Waals surface area (Å²) in [5.74, 6) is -2.31. The highest BCUT2D eigenvalue weighted by Gasteiger charge is 2.45. The summed E-state index contributed by atoms with van der Waals surface area (Å²) in [6, 6.07) is 4.11. The number of ketones is 1. The van der Waals surface area contributed by atoms with E-state index in [1.807, 2.05) is 6.92 Å². The molecule has 134 valence electrons. The molecule has 2 aromatic rings. The quantitative estimate of drug-likeness (QED) is 0.658. The number of nitrogens with one attached hydrogen (secondary N) is 1. The number of hydrogen-bond donors (Lipinski definition) is 1. The molecule has 0 bridgehead atoms. The fourth-order valence-electron chi connectivity index (χ4n) is 2.78. The molecule has 0 saturated carbocycles. The van der Waals surface area contributed by atoms with Crippen LogP contribution in [0.3, 0.4) is 0 Å². The van der Waals surface area contributed by atoms with Gasteiger partial charge in [-0.1, -0.05) is 18.5 Å². The minimum atomic E-state index is -1.17. The van der Waals surface area contributed by atoms with Crippen molar-refractivity contribution < 1.29 is 14.4 Å². The molecule has 3 rings (SSSR count). The lowest BCUT2D eigenvalue weighted by Crippen LogP contribution is -2.43. The topological polar surface area (TPSA) is 92.3 Å². The van der Waals surface area contributed by atoms with E-state index in [0.29, 0.717) is 28.5 Å². The van der Waals surface area contributed by atoms with E-state index in [1.165, 1.54) is 18.5 Å². The molecule has 1 aliphatic heterocycles. The van der Waals surface area contributed by atoms with Crippen LogP contribution >= 0.6 is 11.6 Å². The smallest absolute Gasteiger partial charge is 0.328 e. The maximum Gasteiger partial charge on any atom is 0.328 e. The molecule has 1 unspecified atom stereocenters. The Bertz CT molecular complexity index is 883. The number of imide groups is 1. The number of benzene rings is 1. The predicted octanol–water partition coefficient (Wildman–Crippen LogP) is 2.87. The van der Waals surface area contributed by atoms with Crippen LogP contribution in [0.4, 0.5) is 10.5 Å². The molecule has 8 heteroatoms. The Morgan fingerprint density at radius 1 is 1.27 bits per heavy atom. The Kier molecular flexibility index (Phi) is 4.99. The van der Waals surface area contributed by atoms with Gasteiger partial charge in [0, 0.05) is 17.8 Å². The first-order chi connectivity index (χ1) is 12.4. The number of aromatic nitrogens is 2. The van der Waals surface area contributed by atoms with Crippen LogP contribution in [-0.2, 0) is 4.79 Å². The summed E-state index contributed by atoms with van der Waals surface area (Å²) in [6.07, 6.45) is 3.51.